The van der Waals surface area contributed by atoms with Crippen LogP contribution in [0.2, 0.25) is 5.02 Å². The molecule has 0 radical (unpaired) electrons. The highest BCUT2D eigenvalue weighted by molar-refractivity contribution is 6.34. The van der Waals surface area contributed by atoms with Crippen LogP contribution < -0.4 is 4.74 Å². The molecule has 3 rings (SSSR count). The van der Waals surface area contributed by atoms with E-state index in [1.807, 2.05) is 0 Å². The predicted octanol–water partition coefficient (Wildman–Crippen LogP) is 2.47. The quantitative estimate of drug-likeness (QED) is 0.765. The molecule has 2 unspecified atom stereocenters. The van der Waals surface area contributed by atoms with Crippen LogP contribution in [0.1, 0.15) is 15.9 Å². The van der Waals surface area contributed by atoms with Gasteiger partial charge in [-0.3, -0.25) is 4.79 Å². The van der Waals surface area contributed by atoms with Crippen molar-refractivity contribution in [2.45, 2.75) is 13.0 Å². The maximum absolute atomic E-state index is 12.8. The molecule has 7 heteroatoms. The number of carbonyl (C=O) groups excluding carboxylic acids is 2. The van der Waals surface area contributed by atoms with Crippen LogP contribution in [-0.4, -0.2) is 35.2 Å². The Hall–Kier alpha value is -2.47. The van der Waals surface area contributed by atoms with Crippen molar-refractivity contribution in [3.8, 4) is 11.5 Å². The number of aliphatic hydroxyl groups excluding tert-OH is 1. The molecule has 6 nitrogen and oxygen atoms in total. The molecule has 2 N–H and O–H groups in total. The molecule has 23 heavy (non-hydrogen) atoms. The number of aliphatic hydroxyl groups is 1. The van der Waals surface area contributed by atoms with Crippen molar-refractivity contribution >= 4 is 23.4 Å². The smallest absolute Gasteiger partial charge is 0.334 e. The number of methoxy groups -OCH3 is 1. The monoisotopic (exact) mass is 336 g/mol. The number of allylic oxidation sites excluding steroid dienone is 1. The lowest BCUT2D eigenvalue weighted by Gasteiger charge is -2.34. The minimum atomic E-state index is -1.02. The number of rotatable bonds is 1. The molecular formula is C16H13ClO6. The van der Waals surface area contributed by atoms with Gasteiger partial charge >= 0.3 is 5.97 Å². The number of hydrogen-bond acceptors (Lipinski definition) is 6. The van der Waals surface area contributed by atoms with Crippen LogP contribution in [0.25, 0.3) is 0 Å². The zero-order valence-electron chi connectivity index (χ0n) is 12.3. The number of Topliss-reactive ketones (excluding diaryl/α,β-unsaturated/α-hetero) is 1. The minimum Gasteiger partial charge on any atom is -0.508 e. The highest BCUT2D eigenvalue weighted by Crippen LogP contribution is 2.46. The maximum Gasteiger partial charge on any atom is 0.334 e. The number of phenols is 1. The molecule has 2 aliphatic rings. The molecule has 1 aromatic carbocycles. The number of hydrogen-bond donors (Lipinski definition) is 2. The SMILES string of the molecule is COC(=O)C1=CC(O)=CC2Oc3c(Cl)c(C)cc(O)c3C(=O)C12. The number of halogens is 1. The van der Waals surface area contributed by atoms with E-state index in [-0.39, 0.29) is 33.4 Å². The topological polar surface area (TPSA) is 93.1 Å². The molecule has 1 aliphatic carbocycles. The van der Waals surface area contributed by atoms with Gasteiger partial charge in [0.2, 0.25) is 0 Å². The maximum atomic E-state index is 12.8. The van der Waals surface area contributed by atoms with E-state index >= 15 is 0 Å². The largest absolute Gasteiger partial charge is 0.508 e. The second-order valence-electron chi connectivity index (χ2n) is 5.34. The zero-order valence-corrected chi connectivity index (χ0v) is 13.0. The third-order valence-electron chi connectivity index (χ3n) is 3.89. The molecule has 1 heterocycles. The molecule has 0 saturated heterocycles. The fourth-order valence-electron chi connectivity index (χ4n) is 2.82. The Labute approximate surface area is 136 Å². The summed E-state index contributed by atoms with van der Waals surface area (Å²) in [5.74, 6) is -2.72. The van der Waals surface area contributed by atoms with Crippen molar-refractivity contribution in [1.82, 2.24) is 0 Å². The summed E-state index contributed by atoms with van der Waals surface area (Å²) in [6.07, 6.45) is 1.56. The second-order valence-corrected chi connectivity index (χ2v) is 5.72. The van der Waals surface area contributed by atoms with Crippen LogP contribution in [0, 0.1) is 12.8 Å². The van der Waals surface area contributed by atoms with Gasteiger partial charge in [0.05, 0.1) is 23.6 Å². The number of phenolic OH excluding ortho intramolecular Hbond substituents is 1. The van der Waals surface area contributed by atoms with Crippen LogP contribution in [0.15, 0.2) is 29.6 Å². The summed E-state index contributed by atoms with van der Waals surface area (Å²) in [6.45, 7) is 1.66. The summed E-state index contributed by atoms with van der Waals surface area (Å²) in [5, 5.41) is 20.1. The normalized spacial score (nSPS) is 22.3. The third kappa shape index (κ3) is 2.26. The van der Waals surface area contributed by atoms with Crippen molar-refractivity contribution in [3.05, 3.63) is 45.7 Å². The van der Waals surface area contributed by atoms with Crippen LogP contribution in [0.4, 0.5) is 0 Å². The molecular weight excluding hydrogens is 324 g/mol. The van der Waals surface area contributed by atoms with Gasteiger partial charge in [0.1, 0.15) is 23.2 Å². The van der Waals surface area contributed by atoms with Crippen molar-refractivity contribution in [2.24, 2.45) is 5.92 Å². The van der Waals surface area contributed by atoms with Crippen molar-refractivity contribution in [3.63, 3.8) is 0 Å². The van der Waals surface area contributed by atoms with Crippen LogP contribution in [0.3, 0.4) is 0 Å². The van der Waals surface area contributed by atoms with Crippen molar-refractivity contribution in [2.75, 3.05) is 7.11 Å². The van der Waals surface area contributed by atoms with E-state index in [1.165, 1.54) is 19.3 Å². The average Bonchev–Trinajstić information content (AvgIpc) is 2.50. The molecule has 0 aromatic heterocycles. The minimum absolute atomic E-state index is 0.0377. The summed E-state index contributed by atoms with van der Waals surface area (Å²) in [7, 11) is 1.17. The first kappa shape index (κ1) is 15.4. The fraction of sp³-hybridized carbons (Fsp3) is 0.250. The van der Waals surface area contributed by atoms with Gasteiger partial charge in [-0.2, -0.15) is 0 Å². The van der Waals surface area contributed by atoms with E-state index < -0.39 is 23.8 Å². The lowest BCUT2D eigenvalue weighted by atomic mass is 9.80. The van der Waals surface area contributed by atoms with Gasteiger partial charge in [0.15, 0.2) is 11.5 Å². The number of ketones is 1. The Bertz CT molecular complexity index is 792. The lowest BCUT2D eigenvalue weighted by molar-refractivity contribution is -0.137. The second kappa shape index (κ2) is 5.31. The summed E-state index contributed by atoms with van der Waals surface area (Å²) >= 11 is 6.16. The number of aromatic hydroxyl groups is 1. The van der Waals surface area contributed by atoms with Gasteiger partial charge in [-0.05, 0) is 30.7 Å². The van der Waals surface area contributed by atoms with Crippen molar-refractivity contribution in [1.29, 1.82) is 0 Å². The van der Waals surface area contributed by atoms with E-state index in [0.717, 1.165) is 6.08 Å². The molecule has 1 aromatic rings. The van der Waals surface area contributed by atoms with Crippen molar-refractivity contribution < 1.29 is 29.3 Å². The van der Waals surface area contributed by atoms with Gasteiger partial charge in [0.25, 0.3) is 0 Å². The number of aryl methyl sites for hydroxylation is 1. The summed E-state index contributed by atoms with van der Waals surface area (Å²) in [6, 6.07) is 1.36. The number of esters is 1. The molecule has 0 fully saturated rings. The lowest BCUT2D eigenvalue weighted by Crippen LogP contribution is -2.41. The Morgan fingerprint density at radius 3 is 2.74 bits per heavy atom. The van der Waals surface area contributed by atoms with Gasteiger partial charge < -0.3 is 19.7 Å². The summed E-state index contributed by atoms with van der Waals surface area (Å²) in [5.41, 5.74) is 0.428. The first-order valence-electron chi connectivity index (χ1n) is 6.78. The number of fused-ring (bicyclic) bond motifs is 2. The number of carbonyl (C=O) groups is 2. The number of ether oxygens (including phenoxy) is 2. The van der Waals surface area contributed by atoms with E-state index in [2.05, 4.69) is 4.74 Å². The Morgan fingerprint density at radius 2 is 2.09 bits per heavy atom. The first-order chi connectivity index (χ1) is 10.8. The van der Waals surface area contributed by atoms with E-state index in [9.17, 15) is 19.8 Å². The van der Waals surface area contributed by atoms with Gasteiger partial charge in [-0.15, -0.1) is 0 Å². The predicted molar refractivity (Wildman–Crippen MR) is 80.9 cm³/mol. The molecule has 0 bridgehead atoms. The third-order valence-corrected chi connectivity index (χ3v) is 4.36. The van der Waals surface area contributed by atoms with E-state index in [0.29, 0.717) is 5.56 Å². The molecule has 2 atom stereocenters. The highest BCUT2D eigenvalue weighted by atomic mass is 35.5. The molecule has 0 spiro atoms. The summed E-state index contributed by atoms with van der Waals surface area (Å²) < 4.78 is 10.4. The van der Waals surface area contributed by atoms with Crippen LogP contribution >= 0.6 is 11.6 Å². The van der Waals surface area contributed by atoms with Gasteiger partial charge in [-0.1, -0.05) is 11.6 Å². The van der Waals surface area contributed by atoms with E-state index in [4.69, 9.17) is 16.3 Å². The molecule has 120 valence electrons. The molecule has 0 amide bonds. The van der Waals surface area contributed by atoms with Crippen LogP contribution in [-0.2, 0) is 9.53 Å². The zero-order chi connectivity index (χ0) is 16.9. The van der Waals surface area contributed by atoms with Crippen LogP contribution in [0.5, 0.6) is 11.5 Å². The van der Waals surface area contributed by atoms with E-state index in [1.54, 1.807) is 6.92 Å². The standard InChI is InChI=1S/C16H13ClO6/c1-6-3-9(19)12-14(20)11-8(16(21)22-2)4-7(18)5-10(11)23-15(12)13(6)17/h3-5,10-11,18-19H,1-2H3. The van der Waals surface area contributed by atoms with Gasteiger partial charge in [0, 0.05) is 0 Å². The Balaban J connectivity index is 2.19. The summed E-state index contributed by atoms with van der Waals surface area (Å²) in [4.78, 5) is 24.7. The molecule has 1 aliphatic heterocycles. The fourth-order valence-corrected chi connectivity index (χ4v) is 3.01. The first-order valence-corrected chi connectivity index (χ1v) is 7.16. The highest BCUT2D eigenvalue weighted by Gasteiger charge is 2.45. The number of benzene rings is 1. The Kier molecular flexibility index (Phi) is 3.56. The van der Waals surface area contributed by atoms with Gasteiger partial charge in [-0.25, -0.2) is 4.79 Å². The Morgan fingerprint density at radius 1 is 1.39 bits per heavy atom. The average molecular weight is 337 g/mol. The molecule has 0 saturated carbocycles.